The minimum atomic E-state index is 0.570. The second-order valence-electron chi connectivity index (χ2n) is 3.32. The average molecular weight is 195 g/mol. The first-order valence-electron chi connectivity index (χ1n) is 4.63. The van der Waals surface area contributed by atoms with E-state index < -0.39 is 0 Å². The Morgan fingerprint density at radius 2 is 1.86 bits per heavy atom. The van der Waals surface area contributed by atoms with Gasteiger partial charge in [-0.05, 0) is 37.1 Å². The molecule has 1 aromatic carbocycles. The molecule has 0 saturated heterocycles. The van der Waals surface area contributed by atoms with Crippen molar-refractivity contribution >= 4 is 5.69 Å². The maximum atomic E-state index is 5.76. The van der Waals surface area contributed by atoms with Crippen LogP contribution in [-0.4, -0.2) is 20.3 Å². The summed E-state index contributed by atoms with van der Waals surface area (Å²) >= 11 is 0. The van der Waals surface area contributed by atoms with Crippen molar-refractivity contribution < 1.29 is 9.47 Å². The molecule has 0 atom stereocenters. The summed E-state index contributed by atoms with van der Waals surface area (Å²) in [6.07, 6.45) is 0. The molecule has 0 unspecified atom stereocenters. The van der Waals surface area contributed by atoms with E-state index in [0.717, 1.165) is 22.6 Å². The van der Waals surface area contributed by atoms with E-state index in [1.807, 2.05) is 26.0 Å². The quantitative estimate of drug-likeness (QED) is 0.589. The first-order chi connectivity index (χ1) is 6.65. The number of rotatable bonds is 4. The Morgan fingerprint density at radius 1 is 1.14 bits per heavy atom. The standard InChI is InChI=1S/C11H17NO2/c1-8-7-11(14-5-4-13-3)9(2)6-10(8)12/h6-7H,4-5,12H2,1-3H3. The largest absolute Gasteiger partial charge is 0.491 e. The van der Waals surface area contributed by atoms with Crippen molar-refractivity contribution in [1.29, 1.82) is 0 Å². The number of hydrogen-bond donors (Lipinski definition) is 1. The van der Waals surface area contributed by atoms with Crippen LogP contribution in [0.3, 0.4) is 0 Å². The van der Waals surface area contributed by atoms with Crippen molar-refractivity contribution in [3.05, 3.63) is 23.3 Å². The molecule has 0 aliphatic carbocycles. The van der Waals surface area contributed by atoms with E-state index >= 15 is 0 Å². The molecule has 0 aromatic heterocycles. The third-order valence-corrected chi connectivity index (χ3v) is 2.11. The molecule has 0 aliphatic rings. The van der Waals surface area contributed by atoms with Crippen LogP contribution in [0.25, 0.3) is 0 Å². The highest BCUT2D eigenvalue weighted by Gasteiger charge is 2.02. The summed E-state index contributed by atoms with van der Waals surface area (Å²) in [5.74, 6) is 0.883. The fourth-order valence-corrected chi connectivity index (χ4v) is 1.20. The Hall–Kier alpha value is -1.22. The molecule has 0 heterocycles. The van der Waals surface area contributed by atoms with Crippen LogP contribution in [0.1, 0.15) is 11.1 Å². The summed E-state index contributed by atoms with van der Waals surface area (Å²) in [5.41, 5.74) is 8.68. The maximum absolute atomic E-state index is 5.76. The Balaban J connectivity index is 2.72. The lowest BCUT2D eigenvalue weighted by Gasteiger charge is -2.10. The van der Waals surface area contributed by atoms with Gasteiger partial charge in [0, 0.05) is 12.8 Å². The molecule has 1 rings (SSSR count). The maximum Gasteiger partial charge on any atom is 0.122 e. The second-order valence-corrected chi connectivity index (χ2v) is 3.32. The molecule has 0 aliphatic heterocycles. The number of ether oxygens (including phenoxy) is 2. The van der Waals surface area contributed by atoms with E-state index in [9.17, 15) is 0 Å². The van der Waals surface area contributed by atoms with Gasteiger partial charge in [0.25, 0.3) is 0 Å². The summed E-state index contributed by atoms with van der Waals surface area (Å²) in [6.45, 7) is 5.12. The summed E-state index contributed by atoms with van der Waals surface area (Å²) in [4.78, 5) is 0. The number of benzene rings is 1. The number of nitrogen functional groups attached to an aromatic ring is 1. The topological polar surface area (TPSA) is 44.5 Å². The van der Waals surface area contributed by atoms with Crippen molar-refractivity contribution in [2.45, 2.75) is 13.8 Å². The first-order valence-corrected chi connectivity index (χ1v) is 4.63. The van der Waals surface area contributed by atoms with Gasteiger partial charge in [-0.2, -0.15) is 0 Å². The van der Waals surface area contributed by atoms with Gasteiger partial charge >= 0.3 is 0 Å². The molecule has 0 fully saturated rings. The highest BCUT2D eigenvalue weighted by molar-refractivity contribution is 5.53. The van der Waals surface area contributed by atoms with Crippen LogP contribution in [0.5, 0.6) is 5.75 Å². The Bertz CT molecular complexity index is 310. The lowest BCUT2D eigenvalue weighted by Crippen LogP contribution is -2.05. The number of hydrogen-bond acceptors (Lipinski definition) is 3. The zero-order valence-electron chi connectivity index (χ0n) is 8.96. The number of nitrogens with two attached hydrogens (primary N) is 1. The molecule has 78 valence electrons. The number of aryl methyl sites for hydroxylation is 2. The molecule has 0 saturated carbocycles. The Kier molecular flexibility index (Phi) is 3.77. The van der Waals surface area contributed by atoms with Gasteiger partial charge < -0.3 is 15.2 Å². The molecule has 0 radical (unpaired) electrons. The van der Waals surface area contributed by atoms with E-state index in [2.05, 4.69) is 0 Å². The summed E-state index contributed by atoms with van der Waals surface area (Å²) in [7, 11) is 1.66. The lowest BCUT2D eigenvalue weighted by molar-refractivity contribution is 0.146. The van der Waals surface area contributed by atoms with Crippen LogP contribution in [0.2, 0.25) is 0 Å². The molecular formula is C11H17NO2. The predicted octanol–water partition coefficient (Wildman–Crippen LogP) is 1.91. The van der Waals surface area contributed by atoms with E-state index in [0.29, 0.717) is 13.2 Å². The molecular weight excluding hydrogens is 178 g/mol. The smallest absolute Gasteiger partial charge is 0.122 e. The van der Waals surface area contributed by atoms with Crippen molar-refractivity contribution in [1.82, 2.24) is 0 Å². The van der Waals surface area contributed by atoms with E-state index in [1.54, 1.807) is 7.11 Å². The normalized spacial score (nSPS) is 10.2. The first kappa shape index (κ1) is 10.9. The van der Waals surface area contributed by atoms with Crippen LogP contribution >= 0.6 is 0 Å². The summed E-state index contributed by atoms with van der Waals surface area (Å²) in [5, 5.41) is 0. The van der Waals surface area contributed by atoms with Gasteiger partial charge in [-0.3, -0.25) is 0 Å². The van der Waals surface area contributed by atoms with Crippen molar-refractivity contribution in [3.8, 4) is 5.75 Å². The van der Waals surface area contributed by atoms with Crippen LogP contribution in [-0.2, 0) is 4.74 Å². The fraction of sp³-hybridized carbons (Fsp3) is 0.455. The van der Waals surface area contributed by atoms with Gasteiger partial charge in [0.15, 0.2) is 0 Å². The van der Waals surface area contributed by atoms with Crippen LogP contribution in [0.4, 0.5) is 5.69 Å². The number of anilines is 1. The van der Waals surface area contributed by atoms with E-state index in [4.69, 9.17) is 15.2 Å². The van der Waals surface area contributed by atoms with Crippen molar-refractivity contribution in [2.75, 3.05) is 26.1 Å². The van der Waals surface area contributed by atoms with Gasteiger partial charge in [-0.15, -0.1) is 0 Å². The molecule has 2 N–H and O–H groups in total. The summed E-state index contributed by atoms with van der Waals surface area (Å²) in [6, 6.07) is 3.89. The van der Waals surface area contributed by atoms with Crippen LogP contribution in [0, 0.1) is 13.8 Å². The van der Waals surface area contributed by atoms with Crippen LogP contribution < -0.4 is 10.5 Å². The molecule has 14 heavy (non-hydrogen) atoms. The Labute approximate surface area is 84.8 Å². The third kappa shape index (κ3) is 2.64. The van der Waals surface area contributed by atoms with Gasteiger partial charge in [0.05, 0.1) is 6.61 Å². The summed E-state index contributed by atoms with van der Waals surface area (Å²) < 4.78 is 10.4. The fourth-order valence-electron chi connectivity index (χ4n) is 1.20. The minimum Gasteiger partial charge on any atom is -0.491 e. The molecule has 0 bridgehead atoms. The zero-order valence-corrected chi connectivity index (χ0v) is 8.96. The third-order valence-electron chi connectivity index (χ3n) is 2.11. The van der Waals surface area contributed by atoms with Crippen LogP contribution in [0.15, 0.2) is 12.1 Å². The van der Waals surface area contributed by atoms with Gasteiger partial charge in [-0.25, -0.2) is 0 Å². The van der Waals surface area contributed by atoms with Gasteiger partial charge in [0.2, 0.25) is 0 Å². The van der Waals surface area contributed by atoms with Gasteiger partial charge in [-0.1, -0.05) is 0 Å². The Morgan fingerprint density at radius 3 is 2.50 bits per heavy atom. The SMILES string of the molecule is COCCOc1cc(C)c(N)cc1C. The average Bonchev–Trinajstić information content (AvgIpc) is 2.14. The second kappa shape index (κ2) is 4.86. The highest BCUT2D eigenvalue weighted by Crippen LogP contribution is 2.23. The molecule has 0 spiro atoms. The highest BCUT2D eigenvalue weighted by atomic mass is 16.5. The van der Waals surface area contributed by atoms with Gasteiger partial charge in [0.1, 0.15) is 12.4 Å². The molecule has 0 amide bonds. The predicted molar refractivity (Wildman–Crippen MR) is 57.7 cm³/mol. The van der Waals surface area contributed by atoms with E-state index in [-0.39, 0.29) is 0 Å². The molecule has 1 aromatic rings. The van der Waals surface area contributed by atoms with Crippen molar-refractivity contribution in [3.63, 3.8) is 0 Å². The zero-order chi connectivity index (χ0) is 10.6. The molecule has 3 nitrogen and oxygen atoms in total. The monoisotopic (exact) mass is 195 g/mol. The van der Waals surface area contributed by atoms with E-state index in [1.165, 1.54) is 0 Å². The van der Waals surface area contributed by atoms with Crippen molar-refractivity contribution in [2.24, 2.45) is 0 Å². The molecule has 3 heteroatoms. The minimum absolute atomic E-state index is 0.570. The lowest BCUT2D eigenvalue weighted by atomic mass is 10.1. The number of methoxy groups -OCH3 is 1.